The normalized spacial score (nSPS) is 11.6. The van der Waals surface area contributed by atoms with E-state index in [9.17, 15) is 13.2 Å². The quantitative estimate of drug-likeness (QED) is 0.551. The van der Waals surface area contributed by atoms with Gasteiger partial charge in [-0.05, 0) is 35.4 Å². The van der Waals surface area contributed by atoms with Crippen LogP contribution in [0.1, 0.15) is 11.1 Å². The van der Waals surface area contributed by atoms with E-state index in [0.717, 1.165) is 10.0 Å². The number of rotatable bonds is 5. The van der Waals surface area contributed by atoms with E-state index in [1.54, 1.807) is 6.21 Å². The standard InChI is InChI=1S/C15H11BrF3NO2/c16-13-3-1-2-12(8-13)9-20-21-10-11-4-6-14(7-5-11)22-15(17,18)19/h1-9H,10H2. The highest BCUT2D eigenvalue weighted by Crippen LogP contribution is 2.22. The van der Waals surface area contributed by atoms with Gasteiger partial charge < -0.3 is 9.57 Å². The minimum Gasteiger partial charge on any atom is -0.406 e. The van der Waals surface area contributed by atoms with Crippen molar-refractivity contribution in [2.24, 2.45) is 5.16 Å². The van der Waals surface area contributed by atoms with Crippen molar-refractivity contribution >= 4 is 22.1 Å². The Hall–Kier alpha value is -2.02. The molecule has 3 nitrogen and oxygen atoms in total. The number of alkyl halides is 3. The molecule has 0 radical (unpaired) electrons. The van der Waals surface area contributed by atoms with Crippen molar-refractivity contribution in [1.82, 2.24) is 0 Å². The lowest BCUT2D eigenvalue weighted by atomic mass is 10.2. The summed E-state index contributed by atoms with van der Waals surface area (Å²) in [6.45, 7) is 0.150. The molecule has 0 aromatic heterocycles. The second-order valence-corrected chi connectivity index (χ2v) is 5.17. The van der Waals surface area contributed by atoms with E-state index >= 15 is 0 Å². The third kappa shape index (κ3) is 5.77. The largest absolute Gasteiger partial charge is 0.573 e. The Morgan fingerprint density at radius 1 is 1.09 bits per heavy atom. The molecular weight excluding hydrogens is 363 g/mol. The average Bonchev–Trinajstić information content (AvgIpc) is 2.44. The number of halogens is 4. The molecule has 22 heavy (non-hydrogen) atoms. The third-order valence-corrected chi connectivity index (χ3v) is 3.01. The van der Waals surface area contributed by atoms with Gasteiger partial charge in [0.1, 0.15) is 12.4 Å². The van der Waals surface area contributed by atoms with Crippen LogP contribution in [0, 0.1) is 0 Å². The van der Waals surface area contributed by atoms with E-state index < -0.39 is 6.36 Å². The molecule has 116 valence electrons. The van der Waals surface area contributed by atoms with E-state index in [1.165, 1.54) is 24.3 Å². The highest BCUT2D eigenvalue weighted by atomic mass is 79.9. The number of hydrogen-bond donors (Lipinski definition) is 0. The van der Waals surface area contributed by atoms with E-state index in [-0.39, 0.29) is 12.4 Å². The molecule has 0 N–H and O–H groups in total. The molecule has 0 aliphatic heterocycles. The molecule has 0 fully saturated rings. The van der Waals surface area contributed by atoms with Crippen molar-refractivity contribution in [3.05, 3.63) is 64.1 Å². The summed E-state index contributed by atoms with van der Waals surface area (Å²) < 4.78 is 40.7. The molecule has 2 aromatic rings. The van der Waals surface area contributed by atoms with Gasteiger partial charge in [0.05, 0.1) is 6.21 Å². The third-order valence-electron chi connectivity index (χ3n) is 2.51. The molecule has 0 aliphatic carbocycles. The first-order valence-corrected chi connectivity index (χ1v) is 6.97. The Balaban J connectivity index is 1.84. The molecule has 0 aliphatic rings. The van der Waals surface area contributed by atoms with Crippen molar-refractivity contribution in [2.45, 2.75) is 13.0 Å². The van der Waals surface area contributed by atoms with E-state index in [1.807, 2.05) is 24.3 Å². The van der Waals surface area contributed by atoms with Crippen LogP contribution >= 0.6 is 15.9 Å². The summed E-state index contributed by atoms with van der Waals surface area (Å²) in [4.78, 5) is 5.10. The van der Waals surface area contributed by atoms with Gasteiger partial charge in [-0.3, -0.25) is 0 Å². The summed E-state index contributed by atoms with van der Waals surface area (Å²) in [5, 5.41) is 3.80. The molecular formula is C15H11BrF3NO2. The van der Waals surface area contributed by atoms with Crippen LogP contribution in [-0.2, 0) is 11.4 Å². The summed E-state index contributed by atoms with van der Waals surface area (Å²) in [5.74, 6) is -0.270. The Labute approximate surface area is 133 Å². The van der Waals surface area contributed by atoms with Gasteiger partial charge in [-0.1, -0.05) is 45.4 Å². The maximum Gasteiger partial charge on any atom is 0.573 e. The predicted octanol–water partition coefficient (Wildman–Crippen LogP) is 4.90. The number of nitrogens with zero attached hydrogens (tertiary/aromatic N) is 1. The molecule has 0 amide bonds. The van der Waals surface area contributed by atoms with Crippen LogP contribution in [0.2, 0.25) is 0 Å². The Morgan fingerprint density at radius 2 is 1.82 bits per heavy atom. The fraction of sp³-hybridized carbons (Fsp3) is 0.133. The number of benzene rings is 2. The summed E-state index contributed by atoms with van der Waals surface area (Å²) >= 11 is 3.34. The predicted molar refractivity (Wildman–Crippen MR) is 79.7 cm³/mol. The van der Waals surface area contributed by atoms with Crippen LogP contribution in [0.25, 0.3) is 0 Å². The minimum absolute atomic E-state index is 0.150. The highest BCUT2D eigenvalue weighted by Gasteiger charge is 2.30. The van der Waals surface area contributed by atoms with Gasteiger partial charge in [0.25, 0.3) is 0 Å². The second-order valence-electron chi connectivity index (χ2n) is 4.25. The van der Waals surface area contributed by atoms with Crippen LogP contribution in [0.5, 0.6) is 5.75 Å². The Kier molecular flexibility index (Phi) is 5.43. The molecule has 7 heteroatoms. The Morgan fingerprint density at radius 3 is 2.45 bits per heavy atom. The molecule has 0 bridgehead atoms. The van der Waals surface area contributed by atoms with Crippen LogP contribution in [0.4, 0.5) is 13.2 Å². The summed E-state index contributed by atoms with van der Waals surface area (Å²) in [5.41, 5.74) is 1.55. The summed E-state index contributed by atoms with van der Waals surface area (Å²) in [6, 6.07) is 12.9. The topological polar surface area (TPSA) is 30.8 Å². The zero-order valence-electron chi connectivity index (χ0n) is 11.2. The van der Waals surface area contributed by atoms with Crippen molar-refractivity contribution in [2.75, 3.05) is 0 Å². The molecule has 2 aromatic carbocycles. The van der Waals surface area contributed by atoms with Gasteiger partial charge in [-0.15, -0.1) is 13.2 Å². The molecule has 0 heterocycles. The zero-order valence-corrected chi connectivity index (χ0v) is 12.8. The fourth-order valence-corrected chi connectivity index (χ4v) is 2.00. The zero-order chi connectivity index (χ0) is 16.0. The molecule has 0 saturated heterocycles. The summed E-state index contributed by atoms with van der Waals surface area (Å²) in [7, 11) is 0. The van der Waals surface area contributed by atoms with E-state index in [4.69, 9.17) is 4.84 Å². The lowest BCUT2D eigenvalue weighted by Crippen LogP contribution is -2.17. The van der Waals surface area contributed by atoms with Crippen LogP contribution in [-0.4, -0.2) is 12.6 Å². The van der Waals surface area contributed by atoms with Gasteiger partial charge in [-0.2, -0.15) is 0 Å². The Bertz CT molecular complexity index is 642. The van der Waals surface area contributed by atoms with Crippen molar-refractivity contribution in [3.8, 4) is 5.75 Å². The molecule has 0 saturated carbocycles. The maximum atomic E-state index is 12.0. The monoisotopic (exact) mass is 373 g/mol. The summed E-state index contributed by atoms with van der Waals surface area (Å²) in [6.07, 6.45) is -3.14. The highest BCUT2D eigenvalue weighted by molar-refractivity contribution is 9.10. The molecule has 0 spiro atoms. The maximum absolute atomic E-state index is 12.0. The van der Waals surface area contributed by atoms with Gasteiger partial charge >= 0.3 is 6.36 Å². The lowest BCUT2D eigenvalue weighted by Gasteiger charge is -2.08. The van der Waals surface area contributed by atoms with Crippen molar-refractivity contribution < 1.29 is 22.7 Å². The van der Waals surface area contributed by atoms with Gasteiger partial charge in [0.2, 0.25) is 0 Å². The number of oxime groups is 1. The molecule has 0 unspecified atom stereocenters. The first-order valence-electron chi connectivity index (χ1n) is 6.18. The first kappa shape index (κ1) is 16.4. The van der Waals surface area contributed by atoms with Gasteiger partial charge in [0, 0.05) is 4.47 Å². The van der Waals surface area contributed by atoms with Crippen molar-refractivity contribution in [3.63, 3.8) is 0 Å². The number of ether oxygens (including phenoxy) is 1. The van der Waals surface area contributed by atoms with Crippen LogP contribution < -0.4 is 4.74 Å². The second kappa shape index (κ2) is 7.31. The average molecular weight is 374 g/mol. The first-order chi connectivity index (χ1) is 10.4. The van der Waals surface area contributed by atoms with Gasteiger partial charge in [-0.25, -0.2) is 0 Å². The van der Waals surface area contributed by atoms with Crippen LogP contribution in [0.3, 0.4) is 0 Å². The fourth-order valence-electron chi connectivity index (χ4n) is 1.58. The molecule has 2 rings (SSSR count). The smallest absolute Gasteiger partial charge is 0.406 e. The van der Waals surface area contributed by atoms with E-state index in [0.29, 0.717) is 5.56 Å². The van der Waals surface area contributed by atoms with Crippen LogP contribution in [0.15, 0.2) is 58.2 Å². The minimum atomic E-state index is -4.69. The lowest BCUT2D eigenvalue weighted by molar-refractivity contribution is -0.274. The SMILES string of the molecule is FC(F)(F)Oc1ccc(CON=Cc2cccc(Br)c2)cc1. The van der Waals surface area contributed by atoms with Gasteiger partial charge in [0.15, 0.2) is 0 Å². The molecule has 0 atom stereocenters. The van der Waals surface area contributed by atoms with Crippen molar-refractivity contribution in [1.29, 1.82) is 0 Å². The number of hydrogen-bond acceptors (Lipinski definition) is 3. The van der Waals surface area contributed by atoms with E-state index in [2.05, 4.69) is 25.8 Å².